The minimum atomic E-state index is 0.285. The molecule has 24 heavy (non-hydrogen) atoms. The molecule has 1 aliphatic heterocycles. The maximum Gasteiger partial charge on any atom is 0.171 e. The summed E-state index contributed by atoms with van der Waals surface area (Å²) in [5.74, 6) is 1.82. The fourth-order valence-electron chi connectivity index (χ4n) is 3.18. The second kappa shape index (κ2) is 8.17. The van der Waals surface area contributed by atoms with E-state index in [1.54, 1.807) is 18.3 Å². The first-order valence-electron chi connectivity index (χ1n) is 8.33. The molecule has 2 heterocycles. The molecule has 1 fully saturated rings. The Hall–Kier alpha value is -2.05. The topological polar surface area (TPSA) is 50.9 Å². The predicted molar refractivity (Wildman–Crippen MR) is 98.6 cm³/mol. The summed E-state index contributed by atoms with van der Waals surface area (Å²) in [7, 11) is 1.66. The molecule has 3 rings (SSSR count). The Morgan fingerprint density at radius 1 is 1.29 bits per heavy atom. The number of hydrogen-bond acceptors (Lipinski definition) is 3. The highest BCUT2D eigenvalue weighted by Crippen LogP contribution is 2.16. The van der Waals surface area contributed by atoms with Crippen LogP contribution >= 0.6 is 12.2 Å². The van der Waals surface area contributed by atoms with Gasteiger partial charge in [0.15, 0.2) is 16.9 Å². The van der Waals surface area contributed by atoms with Crippen molar-refractivity contribution in [1.29, 1.82) is 0 Å². The number of rotatable bonds is 6. The number of likely N-dealkylation sites (tertiary alicyclic amines) is 1. The van der Waals surface area contributed by atoms with Gasteiger partial charge in [-0.15, -0.1) is 0 Å². The summed E-state index contributed by atoms with van der Waals surface area (Å²) >= 11 is 5.44. The summed E-state index contributed by atoms with van der Waals surface area (Å²) in [6.07, 6.45) is 4.29. The summed E-state index contributed by atoms with van der Waals surface area (Å²) in [6.45, 7) is 3.12. The van der Waals surface area contributed by atoms with E-state index in [2.05, 4.69) is 16.7 Å². The number of furan rings is 1. The molecule has 128 valence electrons. The Bertz CT molecular complexity index is 654. The van der Waals surface area contributed by atoms with Crippen molar-refractivity contribution in [3.05, 3.63) is 48.4 Å². The molecule has 0 amide bonds. The zero-order valence-corrected chi connectivity index (χ0v) is 14.7. The van der Waals surface area contributed by atoms with Gasteiger partial charge in [-0.1, -0.05) is 6.07 Å². The van der Waals surface area contributed by atoms with Crippen LogP contribution in [-0.2, 0) is 0 Å². The summed E-state index contributed by atoms with van der Waals surface area (Å²) in [6, 6.07) is 12.0. The van der Waals surface area contributed by atoms with Gasteiger partial charge in [0.25, 0.3) is 0 Å². The zero-order chi connectivity index (χ0) is 16.8. The summed E-state index contributed by atoms with van der Waals surface area (Å²) in [5, 5.41) is 7.15. The van der Waals surface area contributed by atoms with E-state index in [0.717, 1.165) is 23.7 Å². The van der Waals surface area contributed by atoms with Gasteiger partial charge in [0.1, 0.15) is 5.75 Å². The molecule has 0 aliphatic carbocycles. The lowest BCUT2D eigenvalue weighted by atomic mass is 10.2. The van der Waals surface area contributed by atoms with Crippen LogP contribution in [0.2, 0.25) is 0 Å². The smallest absolute Gasteiger partial charge is 0.171 e. The first-order valence-corrected chi connectivity index (χ1v) is 8.74. The Balaban J connectivity index is 1.58. The van der Waals surface area contributed by atoms with E-state index < -0.39 is 0 Å². The van der Waals surface area contributed by atoms with Gasteiger partial charge >= 0.3 is 0 Å². The normalized spacial score (nSPS) is 15.9. The van der Waals surface area contributed by atoms with Crippen LogP contribution in [0.1, 0.15) is 24.6 Å². The van der Waals surface area contributed by atoms with E-state index in [1.807, 2.05) is 30.3 Å². The average Bonchev–Trinajstić information content (AvgIpc) is 3.29. The van der Waals surface area contributed by atoms with Crippen LogP contribution in [0.3, 0.4) is 0 Å². The molecule has 1 saturated heterocycles. The van der Waals surface area contributed by atoms with Gasteiger partial charge in [-0.2, -0.15) is 0 Å². The van der Waals surface area contributed by atoms with Gasteiger partial charge in [0.05, 0.1) is 33.0 Å². The van der Waals surface area contributed by atoms with Gasteiger partial charge in [0, 0.05) is 24.6 Å². The number of methoxy groups -OCH3 is 1. The van der Waals surface area contributed by atoms with Crippen LogP contribution < -0.4 is 20.3 Å². The molecule has 0 bridgehead atoms. The third-order valence-corrected chi connectivity index (χ3v) is 4.67. The maximum atomic E-state index is 5.65. The lowest BCUT2D eigenvalue weighted by molar-refractivity contribution is -0.919. The van der Waals surface area contributed by atoms with E-state index in [-0.39, 0.29) is 6.04 Å². The van der Waals surface area contributed by atoms with Gasteiger partial charge in [0.2, 0.25) is 0 Å². The monoisotopic (exact) mass is 346 g/mol. The molecule has 1 atom stereocenters. The van der Waals surface area contributed by atoms with Crippen molar-refractivity contribution >= 4 is 23.0 Å². The first-order chi connectivity index (χ1) is 11.8. The maximum absolute atomic E-state index is 5.65. The number of ether oxygens (including phenoxy) is 1. The Kier molecular flexibility index (Phi) is 5.72. The van der Waals surface area contributed by atoms with Crippen molar-refractivity contribution < 1.29 is 14.1 Å². The third kappa shape index (κ3) is 4.27. The standard InChI is InChI=1S/C18H23N3O2S/c1-22-15-7-4-6-14(12-15)20-18(24)19-13-16(17-8-5-11-23-17)21-9-2-3-10-21/h4-8,11-12,16H,2-3,9-10,13H2,1H3,(H2,19,20,24)/p+1/t16-/m1/s1. The second-order valence-corrected chi connectivity index (χ2v) is 6.41. The number of thiocarbonyl (C=S) groups is 1. The van der Waals surface area contributed by atoms with Crippen molar-refractivity contribution in [3.63, 3.8) is 0 Å². The molecule has 3 N–H and O–H groups in total. The molecule has 0 spiro atoms. The average molecular weight is 346 g/mol. The molecule has 1 aromatic heterocycles. The first kappa shape index (κ1) is 16.8. The zero-order valence-electron chi connectivity index (χ0n) is 13.9. The van der Waals surface area contributed by atoms with Crippen LogP contribution in [0.15, 0.2) is 47.1 Å². The van der Waals surface area contributed by atoms with Crippen molar-refractivity contribution in [2.75, 3.05) is 32.1 Å². The lowest BCUT2D eigenvalue weighted by Gasteiger charge is -2.23. The van der Waals surface area contributed by atoms with Gasteiger partial charge < -0.3 is 24.7 Å². The van der Waals surface area contributed by atoms with Gasteiger partial charge in [-0.25, -0.2) is 0 Å². The van der Waals surface area contributed by atoms with E-state index in [1.165, 1.54) is 25.9 Å². The number of anilines is 1. The number of nitrogens with one attached hydrogen (secondary N) is 3. The summed E-state index contributed by atoms with van der Waals surface area (Å²) in [4.78, 5) is 1.56. The van der Waals surface area contributed by atoms with Crippen LogP contribution in [0.4, 0.5) is 5.69 Å². The number of quaternary nitrogens is 1. The molecular weight excluding hydrogens is 322 g/mol. The molecule has 0 radical (unpaired) electrons. The van der Waals surface area contributed by atoms with Crippen LogP contribution in [0, 0.1) is 0 Å². The largest absolute Gasteiger partial charge is 0.497 e. The Labute approximate surface area is 148 Å². The van der Waals surface area contributed by atoms with Gasteiger partial charge in [-0.05, 0) is 36.5 Å². The third-order valence-electron chi connectivity index (χ3n) is 4.42. The van der Waals surface area contributed by atoms with Crippen molar-refractivity contribution in [2.24, 2.45) is 0 Å². The quantitative estimate of drug-likeness (QED) is 0.699. The molecule has 0 unspecified atom stereocenters. The number of benzene rings is 1. The van der Waals surface area contributed by atoms with Crippen LogP contribution in [-0.4, -0.2) is 31.9 Å². The highest BCUT2D eigenvalue weighted by atomic mass is 32.1. The van der Waals surface area contributed by atoms with Crippen molar-refractivity contribution in [1.82, 2.24) is 5.32 Å². The lowest BCUT2D eigenvalue weighted by Crippen LogP contribution is -3.11. The highest BCUT2D eigenvalue weighted by Gasteiger charge is 2.29. The minimum Gasteiger partial charge on any atom is -0.497 e. The highest BCUT2D eigenvalue weighted by molar-refractivity contribution is 7.80. The van der Waals surface area contributed by atoms with Crippen molar-refractivity contribution in [3.8, 4) is 5.75 Å². The SMILES string of the molecule is COc1cccc(NC(=S)NC[C@H](c2ccco2)[NH+]2CCCC2)c1. The fourth-order valence-corrected chi connectivity index (χ4v) is 3.39. The molecule has 1 aromatic carbocycles. The second-order valence-electron chi connectivity index (χ2n) is 6.00. The molecule has 1 aliphatic rings. The van der Waals surface area contributed by atoms with Crippen molar-refractivity contribution in [2.45, 2.75) is 18.9 Å². The fraction of sp³-hybridized carbons (Fsp3) is 0.389. The Morgan fingerprint density at radius 2 is 2.12 bits per heavy atom. The van der Waals surface area contributed by atoms with E-state index in [9.17, 15) is 0 Å². The van der Waals surface area contributed by atoms with Crippen LogP contribution in [0.25, 0.3) is 0 Å². The Morgan fingerprint density at radius 3 is 2.83 bits per heavy atom. The summed E-state index contributed by atoms with van der Waals surface area (Å²) < 4.78 is 10.9. The molecule has 2 aromatic rings. The molecule has 6 heteroatoms. The van der Waals surface area contributed by atoms with E-state index >= 15 is 0 Å². The van der Waals surface area contributed by atoms with E-state index in [0.29, 0.717) is 5.11 Å². The van der Waals surface area contributed by atoms with Gasteiger partial charge in [-0.3, -0.25) is 0 Å². The summed E-state index contributed by atoms with van der Waals surface area (Å²) in [5.41, 5.74) is 0.912. The molecule has 5 nitrogen and oxygen atoms in total. The molecule has 0 saturated carbocycles. The van der Waals surface area contributed by atoms with E-state index in [4.69, 9.17) is 21.4 Å². The predicted octanol–water partition coefficient (Wildman–Crippen LogP) is 1.99. The van der Waals surface area contributed by atoms with Crippen LogP contribution in [0.5, 0.6) is 5.75 Å². The minimum absolute atomic E-state index is 0.285. The number of hydrogen-bond donors (Lipinski definition) is 3. The molecular formula is C18H24N3O2S+.